The first-order chi connectivity index (χ1) is 32.6. The van der Waals surface area contributed by atoms with Crippen LogP contribution < -0.4 is 18.9 Å². The number of rotatable bonds is 20. The number of benzene rings is 4. The number of aryl methyl sites for hydroxylation is 2. The number of hydrogen-bond donors (Lipinski definition) is 2. The van der Waals surface area contributed by atoms with Gasteiger partial charge < -0.3 is 43.5 Å². The van der Waals surface area contributed by atoms with Crippen molar-refractivity contribution in [3.05, 3.63) is 141 Å². The van der Waals surface area contributed by atoms with Crippen LogP contribution in [0.1, 0.15) is 78.7 Å². The molecule has 2 heterocycles. The number of aliphatic hydroxyl groups excluding tert-OH is 2. The fourth-order valence-corrected chi connectivity index (χ4v) is 10.2. The normalized spacial score (nSPS) is 22.7. The zero-order valence-electron chi connectivity index (χ0n) is 38.3. The number of fused-ring (bicyclic) bond motifs is 3. The van der Waals surface area contributed by atoms with Crippen LogP contribution in [-0.4, -0.2) is 77.4 Å². The molecule has 15 nitrogen and oxygen atoms in total. The third-order valence-corrected chi connectivity index (χ3v) is 13.5. The van der Waals surface area contributed by atoms with Gasteiger partial charge in [0, 0.05) is 49.8 Å². The number of ether oxygens (including phenoxy) is 6. The molecule has 1 saturated carbocycles. The van der Waals surface area contributed by atoms with Crippen LogP contribution in [0.4, 0.5) is 10.5 Å². The van der Waals surface area contributed by atoms with Crippen molar-refractivity contribution in [3.8, 4) is 28.7 Å². The van der Waals surface area contributed by atoms with E-state index in [1.54, 1.807) is 23.1 Å². The van der Waals surface area contributed by atoms with Gasteiger partial charge >= 0.3 is 6.09 Å². The van der Waals surface area contributed by atoms with Crippen molar-refractivity contribution >= 4 is 17.5 Å². The van der Waals surface area contributed by atoms with Gasteiger partial charge in [-0.15, -0.1) is 6.58 Å². The van der Waals surface area contributed by atoms with Gasteiger partial charge in [0.15, 0.2) is 11.5 Å². The Labute approximate surface area is 390 Å². The van der Waals surface area contributed by atoms with E-state index in [9.17, 15) is 25.1 Å². The molecule has 0 bridgehead atoms. The Balaban J connectivity index is 1.32. The molecule has 2 N–H and O–H groups in total. The highest BCUT2D eigenvalue weighted by atomic mass is 16.7. The topological polar surface area (TPSA) is 181 Å². The SMILES string of the molecule is C=CCOC12Oc3ccc(Oc4ccc(C)c(C)c4)cc3C3C(CCCCO)C(CCCCO)C=C(C(=NOCc4ccc([N+](=O)[O-])cc4)CC1N(Cc1ccc4c(c1)OCO4)C(=O)OC)C32. The molecular weight excluding hydrogens is 859 g/mol. The smallest absolute Gasteiger partial charge is 0.410 e. The van der Waals surface area contributed by atoms with Crippen molar-refractivity contribution < 1.29 is 53.2 Å². The molecule has 4 aliphatic rings. The largest absolute Gasteiger partial charge is 0.459 e. The highest BCUT2D eigenvalue weighted by Gasteiger charge is 2.65. The first-order valence-corrected chi connectivity index (χ1v) is 23.0. The van der Waals surface area contributed by atoms with Gasteiger partial charge in [0.25, 0.3) is 5.69 Å². The number of carbonyl (C=O) groups is 1. The summed E-state index contributed by atoms with van der Waals surface area (Å²) in [6, 6.07) is 22.6. The van der Waals surface area contributed by atoms with Crippen molar-refractivity contribution in [1.82, 2.24) is 4.90 Å². The van der Waals surface area contributed by atoms with E-state index in [0.29, 0.717) is 52.9 Å². The number of nitro groups is 1. The molecule has 1 fully saturated rings. The fourth-order valence-electron chi connectivity index (χ4n) is 10.2. The molecule has 6 atom stereocenters. The molecule has 354 valence electrons. The van der Waals surface area contributed by atoms with Gasteiger partial charge in [-0.2, -0.15) is 0 Å². The molecule has 2 aliphatic heterocycles. The van der Waals surface area contributed by atoms with Crippen LogP contribution in [0.3, 0.4) is 0 Å². The van der Waals surface area contributed by atoms with Crippen LogP contribution in [0.25, 0.3) is 0 Å². The van der Waals surface area contributed by atoms with Crippen molar-refractivity contribution in [2.45, 2.75) is 89.7 Å². The Morgan fingerprint density at radius 3 is 2.36 bits per heavy atom. The Morgan fingerprint density at radius 2 is 1.63 bits per heavy atom. The van der Waals surface area contributed by atoms with Gasteiger partial charge in [-0.05, 0) is 134 Å². The van der Waals surface area contributed by atoms with Gasteiger partial charge in [0.2, 0.25) is 12.6 Å². The summed E-state index contributed by atoms with van der Waals surface area (Å²) in [5, 5.41) is 36.3. The third kappa shape index (κ3) is 10.00. The van der Waals surface area contributed by atoms with E-state index in [2.05, 4.69) is 25.6 Å². The van der Waals surface area contributed by atoms with E-state index in [-0.39, 0.29) is 69.6 Å². The maximum atomic E-state index is 14.4. The predicted molar refractivity (Wildman–Crippen MR) is 249 cm³/mol. The van der Waals surface area contributed by atoms with Crippen molar-refractivity contribution in [1.29, 1.82) is 0 Å². The lowest BCUT2D eigenvalue weighted by Crippen LogP contribution is -2.70. The first-order valence-electron chi connectivity index (χ1n) is 23.0. The summed E-state index contributed by atoms with van der Waals surface area (Å²) < 4.78 is 38.0. The third-order valence-electron chi connectivity index (χ3n) is 13.5. The van der Waals surface area contributed by atoms with E-state index in [4.69, 9.17) is 38.4 Å². The van der Waals surface area contributed by atoms with Crippen molar-refractivity contribution in [2.75, 3.05) is 33.7 Å². The molecule has 0 saturated heterocycles. The minimum Gasteiger partial charge on any atom is -0.459 e. The van der Waals surface area contributed by atoms with Crippen LogP contribution in [0.5, 0.6) is 28.7 Å². The van der Waals surface area contributed by atoms with E-state index in [1.165, 1.54) is 19.2 Å². The summed E-state index contributed by atoms with van der Waals surface area (Å²) >= 11 is 0. The lowest BCUT2D eigenvalue weighted by molar-refractivity contribution is -0.384. The molecule has 4 aromatic rings. The maximum absolute atomic E-state index is 14.4. The second-order valence-electron chi connectivity index (χ2n) is 17.6. The molecule has 15 heteroatoms. The van der Waals surface area contributed by atoms with Crippen LogP contribution >= 0.6 is 0 Å². The Morgan fingerprint density at radius 1 is 0.910 bits per heavy atom. The number of hydrogen-bond acceptors (Lipinski definition) is 13. The summed E-state index contributed by atoms with van der Waals surface area (Å²) in [4.78, 5) is 33.2. The fraction of sp³-hybridized carbons (Fsp3) is 0.423. The summed E-state index contributed by atoms with van der Waals surface area (Å²) in [6.07, 6.45) is 7.72. The number of carbonyl (C=O) groups excluding carboxylic acids is 1. The number of amides is 1. The molecule has 8 rings (SSSR count). The van der Waals surface area contributed by atoms with Crippen LogP contribution in [0.2, 0.25) is 0 Å². The minimum atomic E-state index is -1.54. The second kappa shape index (κ2) is 21.0. The number of aliphatic hydroxyl groups is 2. The average Bonchev–Trinajstić information content (AvgIpc) is 3.81. The monoisotopic (exact) mass is 917 g/mol. The standard InChI is InChI=1S/C52H59N3O12/c1-5-24-64-52-48(54(51(58)61-4)30-36-15-20-46-47(26-36)63-32-62-46)29-44(53-65-31-35-13-16-38(17-14-35)55(59)60)42-27-37(10-6-8-22-56)41(11-7-9-23-57)49(50(42)52)43-28-40(19-21-45(43)67-52)66-39-18-12-33(2)34(3)25-39/h5,12-21,25-28,37,41,48-50,56-57H,1,6-11,22-24,29-32H2,2-4H3. The quantitative estimate of drug-likeness (QED) is 0.0371. The van der Waals surface area contributed by atoms with Gasteiger partial charge in [-0.1, -0.05) is 42.3 Å². The number of non-ortho nitro benzene ring substituents is 1. The molecule has 0 aromatic heterocycles. The highest BCUT2D eigenvalue weighted by Crippen LogP contribution is 2.62. The van der Waals surface area contributed by atoms with Crippen LogP contribution in [0, 0.1) is 41.7 Å². The van der Waals surface area contributed by atoms with Crippen molar-refractivity contribution in [3.63, 3.8) is 0 Å². The van der Waals surface area contributed by atoms with Crippen LogP contribution in [-0.2, 0) is 27.5 Å². The van der Waals surface area contributed by atoms with Gasteiger partial charge in [0.05, 0.1) is 30.3 Å². The van der Waals surface area contributed by atoms with Gasteiger partial charge in [0.1, 0.15) is 29.9 Å². The summed E-state index contributed by atoms with van der Waals surface area (Å²) in [5.74, 6) is 0.601. The number of nitrogens with zero attached hydrogens (tertiary/aromatic N) is 3. The highest BCUT2D eigenvalue weighted by molar-refractivity contribution is 6.03. The number of unbranched alkanes of at least 4 members (excludes halogenated alkanes) is 2. The second-order valence-corrected chi connectivity index (χ2v) is 17.6. The predicted octanol–water partition coefficient (Wildman–Crippen LogP) is 9.84. The molecule has 0 spiro atoms. The van der Waals surface area contributed by atoms with Gasteiger partial charge in [-0.3, -0.25) is 15.0 Å². The molecular formula is C52H59N3O12. The zero-order valence-corrected chi connectivity index (χ0v) is 38.3. The van der Waals surface area contributed by atoms with Gasteiger partial charge in [-0.25, -0.2) is 4.79 Å². The first kappa shape index (κ1) is 47.1. The maximum Gasteiger partial charge on any atom is 0.410 e. The molecule has 67 heavy (non-hydrogen) atoms. The minimum absolute atomic E-state index is 0.00404. The molecule has 1 amide bonds. The number of allylic oxidation sites excluding steroid dienone is 1. The molecule has 4 aromatic carbocycles. The number of oxime groups is 1. The number of methoxy groups -OCH3 is 1. The Kier molecular flexibility index (Phi) is 14.8. The Hall–Kier alpha value is -6.42. The zero-order chi connectivity index (χ0) is 47.1. The van der Waals surface area contributed by atoms with E-state index < -0.39 is 28.8 Å². The van der Waals surface area contributed by atoms with E-state index in [0.717, 1.165) is 53.5 Å². The van der Waals surface area contributed by atoms with Crippen LogP contribution in [0.15, 0.2) is 108 Å². The van der Waals surface area contributed by atoms with E-state index >= 15 is 0 Å². The molecule has 0 radical (unpaired) electrons. The lowest BCUT2D eigenvalue weighted by Gasteiger charge is -2.59. The van der Waals surface area contributed by atoms with Crippen molar-refractivity contribution in [2.24, 2.45) is 22.9 Å². The summed E-state index contributed by atoms with van der Waals surface area (Å²) in [7, 11) is 1.34. The van der Waals surface area contributed by atoms with E-state index in [1.807, 2.05) is 55.5 Å². The summed E-state index contributed by atoms with van der Waals surface area (Å²) in [6.45, 7) is 8.51. The molecule has 6 unspecified atom stereocenters. The lowest BCUT2D eigenvalue weighted by atomic mass is 9.55. The Bertz CT molecular complexity index is 2490. The number of nitro benzene ring substituents is 1. The average molecular weight is 918 g/mol. The summed E-state index contributed by atoms with van der Waals surface area (Å²) in [5.41, 5.74) is 5.98. The molecule has 2 aliphatic carbocycles.